The van der Waals surface area contributed by atoms with Gasteiger partial charge in [-0.15, -0.1) is 5.10 Å². The number of carbonyl (C=O) groups excluding carboxylic acids is 1. The van der Waals surface area contributed by atoms with Gasteiger partial charge >= 0.3 is 5.69 Å². The minimum absolute atomic E-state index is 0.164. The molecule has 1 N–H and O–H groups in total. The van der Waals surface area contributed by atoms with Gasteiger partial charge in [0.1, 0.15) is 0 Å². The maximum absolute atomic E-state index is 13.8. The second-order valence-electron chi connectivity index (χ2n) is 10.1. The molecule has 0 spiro atoms. The molecule has 2 aromatic heterocycles. The number of fused-ring (bicyclic) bond motifs is 3. The number of hydrogen-bond donors (Lipinski definition) is 1. The van der Waals surface area contributed by atoms with Crippen LogP contribution in [-0.4, -0.2) is 30.7 Å². The summed E-state index contributed by atoms with van der Waals surface area (Å²) in [5, 5.41) is 8.08. The third-order valence-electron chi connectivity index (χ3n) is 7.37. The lowest BCUT2D eigenvalue weighted by Gasteiger charge is -2.13. The molecule has 0 saturated heterocycles. The number of carbonyl (C=O) groups is 1. The van der Waals surface area contributed by atoms with Crippen LogP contribution in [-0.2, 0) is 13.1 Å². The Balaban J connectivity index is 1.52. The molecule has 1 aliphatic rings. The molecule has 192 valence electrons. The second-order valence-corrected chi connectivity index (χ2v) is 10.1. The van der Waals surface area contributed by atoms with Gasteiger partial charge in [-0.1, -0.05) is 73.0 Å². The molecule has 3 aromatic carbocycles. The smallest absolute Gasteiger partial charge is 0.349 e. The van der Waals surface area contributed by atoms with Crippen molar-refractivity contribution in [2.24, 2.45) is 0 Å². The summed E-state index contributed by atoms with van der Waals surface area (Å²) >= 11 is 0. The van der Waals surface area contributed by atoms with E-state index in [-0.39, 0.29) is 42.1 Å². The van der Waals surface area contributed by atoms with Gasteiger partial charge in [0.15, 0.2) is 0 Å². The number of benzene rings is 3. The Morgan fingerprint density at radius 2 is 1.63 bits per heavy atom. The number of rotatable bonds is 6. The second kappa shape index (κ2) is 9.78. The van der Waals surface area contributed by atoms with Crippen LogP contribution in [0.5, 0.6) is 0 Å². The van der Waals surface area contributed by atoms with Crippen LogP contribution in [0.4, 0.5) is 0 Å². The van der Waals surface area contributed by atoms with E-state index in [2.05, 4.69) is 10.4 Å². The molecule has 1 aliphatic carbocycles. The highest BCUT2D eigenvalue weighted by Crippen LogP contribution is 2.20. The summed E-state index contributed by atoms with van der Waals surface area (Å²) in [5.74, 6) is 0.0536. The van der Waals surface area contributed by atoms with E-state index in [9.17, 15) is 14.4 Å². The largest absolute Gasteiger partial charge is 0.352 e. The summed E-state index contributed by atoms with van der Waals surface area (Å²) in [5.41, 5.74) is 3.16. The van der Waals surface area contributed by atoms with Crippen molar-refractivity contribution in [3.05, 3.63) is 116 Å². The van der Waals surface area contributed by atoms with Crippen LogP contribution >= 0.6 is 0 Å². The van der Waals surface area contributed by atoms with Crippen molar-refractivity contribution in [1.29, 1.82) is 0 Å². The highest BCUT2D eigenvalue weighted by atomic mass is 16.2. The van der Waals surface area contributed by atoms with Crippen LogP contribution in [0.2, 0.25) is 0 Å². The highest BCUT2D eigenvalue weighted by Gasteiger charge is 2.21. The van der Waals surface area contributed by atoms with Crippen molar-refractivity contribution in [2.45, 2.75) is 51.7 Å². The van der Waals surface area contributed by atoms with Crippen LogP contribution in [0, 0.1) is 6.92 Å². The number of amides is 1. The van der Waals surface area contributed by atoms with Crippen molar-refractivity contribution in [1.82, 2.24) is 24.1 Å². The first kappa shape index (κ1) is 23.9. The van der Waals surface area contributed by atoms with Crippen molar-refractivity contribution >= 4 is 22.6 Å². The van der Waals surface area contributed by atoms with Crippen molar-refractivity contribution in [3.63, 3.8) is 0 Å². The number of nitrogens with one attached hydrogen (secondary N) is 1. The van der Waals surface area contributed by atoms with Gasteiger partial charge in [-0.2, -0.15) is 0 Å². The minimum atomic E-state index is -0.361. The van der Waals surface area contributed by atoms with Crippen LogP contribution < -0.4 is 16.6 Å². The molecular formula is C30H29N5O3. The van der Waals surface area contributed by atoms with E-state index in [0.29, 0.717) is 16.5 Å². The SMILES string of the molecule is Cc1ccc(Cn2c(=O)c3ccc(C(=O)NC4CCCC4)cc3n3c(=O)n(Cc4ccccc4)nc23)cc1. The van der Waals surface area contributed by atoms with Gasteiger partial charge in [-0.3, -0.25) is 14.2 Å². The molecule has 5 aromatic rings. The van der Waals surface area contributed by atoms with Gasteiger partial charge in [0.2, 0.25) is 5.78 Å². The van der Waals surface area contributed by atoms with Gasteiger partial charge in [0, 0.05) is 11.6 Å². The molecule has 0 bridgehead atoms. The molecule has 8 nitrogen and oxygen atoms in total. The van der Waals surface area contributed by atoms with E-state index in [1.54, 1.807) is 18.2 Å². The normalized spacial score (nSPS) is 13.9. The summed E-state index contributed by atoms with van der Waals surface area (Å²) in [4.78, 5) is 40.5. The van der Waals surface area contributed by atoms with Gasteiger partial charge in [-0.25, -0.2) is 13.9 Å². The number of nitrogens with zero attached hydrogens (tertiary/aromatic N) is 4. The predicted molar refractivity (Wildman–Crippen MR) is 147 cm³/mol. The predicted octanol–water partition coefficient (Wildman–Crippen LogP) is 3.89. The van der Waals surface area contributed by atoms with E-state index in [1.165, 1.54) is 13.6 Å². The zero-order valence-corrected chi connectivity index (χ0v) is 21.3. The Morgan fingerprint density at radius 1 is 0.921 bits per heavy atom. The Labute approximate surface area is 219 Å². The fourth-order valence-electron chi connectivity index (χ4n) is 5.27. The molecule has 1 fully saturated rings. The first-order valence-electron chi connectivity index (χ1n) is 13.0. The Kier molecular flexibility index (Phi) is 6.15. The number of hydrogen-bond acceptors (Lipinski definition) is 4. The minimum Gasteiger partial charge on any atom is -0.349 e. The first-order valence-corrected chi connectivity index (χ1v) is 13.0. The van der Waals surface area contributed by atoms with Gasteiger partial charge in [0.25, 0.3) is 11.5 Å². The average Bonchev–Trinajstić information content (AvgIpc) is 3.56. The standard InChI is InChI=1S/C30H29N5O3/c1-20-11-13-22(14-12-20)18-33-28(37)25-16-15-23(27(36)31-24-9-5-6-10-24)17-26(25)35-29(33)32-34(30(35)38)19-21-7-3-2-4-8-21/h2-4,7-8,11-17,24H,5-6,9-10,18-19H2,1H3,(H,31,36). The molecule has 0 atom stereocenters. The average molecular weight is 508 g/mol. The van der Waals surface area contributed by atoms with Crippen LogP contribution in [0.15, 0.2) is 82.4 Å². The fraction of sp³-hybridized carbons (Fsp3) is 0.267. The summed E-state index contributed by atoms with van der Waals surface area (Å²) in [6.45, 7) is 2.54. The molecule has 1 saturated carbocycles. The van der Waals surface area contributed by atoms with E-state index >= 15 is 0 Å². The Bertz CT molecular complexity index is 1760. The summed E-state index contributed by atoms with van der Waals surface area (Å²) in [6.07, 6.45) is 4.16. The monoisotopic (exact) mass is 507 g/mol. The molecule has 0 aliphatic heterocycles. The lowest BCUT2D eigenvalue weighted by molar-refractivity contribution is 0.0938. The zero-order chi connectivity index (χ0) is 26.2. The molecule has 8 heteroatoms. The van der Waals surface area contributed by atoms with Crippen LogP contribution in [0.1, 0.15) is 52.7 Å². The van der Waals surface area contributed by atoms with Crippen LogP contribution in [0.3, 0.4) is 0 Å². The molecule has 2 heterocycles. The number of aromatic nitrogens is 4. The van der Waals surface area contributed by atoms with Crippen molar-refractivity contribution < 1.29 is 4.79 Å². The molecule has 0 unspecified atom stereocenters. The summed E-state index contributed by atoms with van der Waals surface area (Å²) in [6, 6.07) is 22.6. The topological polar surface area (TPSA) is 90.4 Å². The number of aryl methyl sites for hydroxylation is 1. The summed E-state index contributed by atoms with van der Waals surface area (Å²) < 4.78 is 4.37. The zero-order valence-electron chi connectivity index (χ0n) is 21.3. The first-order chi connectivity index (χ1) is 18.5. The van der Waals surface area contributed by atoms with E-state index in [4.69, 9.17) is 0 Å². The van der Waals surface area contributed by atoms with E-state index < -0.39 is 0 Å². The van der Waals surface area contributed by atoms with E-state index in [1.807, 2.05) is 61.5 Å². The third-order valence-corrected chi connectivity index (χ3v) is 7.37. The van der Waals surface area contributed by atoms with Crippen molar-refractivity contribution in [2.75, 3.05) is 0 Å². The molecule has 1 amide bonds. The van der Waals surface area contributed by atoms with Crippen LogP contribution in [0.25, 0.3) is 16.7 Å². The molecule has 0 radical (unpaired) electrons. The summed E-state index contributed by atoms with van der Waals surface area (Å²) in [7, 11) is 0. The molecular weight excluding hydrogens is 478 g/mol. The third kappa shape index (κ3) is 4.42. The van der Waals surface area contributed by atoms with Crippen molar-refractivity contribution in [3.8, 4) is 0 Å². The van der Waals surface area contributed by atoms with Gasteiger partial charge < -0.3 is 5.32 Å². The maximum Gasteiger partial charge on any atom is 0.352 e. The maximum atomic E-state index is 13.8. The lowest BCUT2D eigenvalue weighted by atomic mass is 10.1. The Morgan fingerprint density at radius 3 is 2.37 bits per heavy atom. The van der Waals surface area contributed by atoms with E-state index in [0.717, 1.165) is 42.4 Å². The quantitative estimate of drug-likeness (QED) is 0.378. The Hall–Kier alpha value is -4.46. The molecule has 38 heavy (non-hydrogen) atoms. The molecule has 6 rings (SSSR count). The lowest BCUT2D eigenvalue weighted by Crippen LogP contribution is -2.33. The fourth-order valence-corrected chi connectivity index (χ4v) is 5.27. The van der Waals surface area contributed by atoms with Gasteiger partial charge in [0.05, 0.1) is 24.0 Å². The van der Waals surface area contributed by atoms with Gasteiger partial charge in [-0.05, 0) is 49.1 Å². The highest BCUT2D eigenvalue weighted by molar-refractivity contribution is 5.98.